The number of thioether (sulfide) groups is 1. The highest BCUT2D eigenvalue weighted by molar-refractivity contribution is 8.00. The number of carbonyl (C=O) groups excluding carboxylic acids is 3. The molecule has 0 aliphatic rings. The van der Waals surface area contributed by atoms with Crippen molar-refractivity contribution in [3.63, 3.8) is 0 Å². The molecule has 0 saturated heterocycles. The maximum absolute atomic E-state index is 13.4. The molecule has 0 aliphatic heterocycles. The molecule has 1 unspecified atom stereocenters. The zero-order valence-electron chi connectivity index (χ0n) is 23.5. The Bertz CT molecular complexity index is 1600. The van der Waals surface area contributed by atoms with Crippen molar-refractivity contribution < 1.29 is 14.4 Å². The predicted octanol–water partition coefficient (Wildman–Crippen LogP) is 7.14. The van der Waals surface area contributed by atoms with Gasteiger partial charge in [-0.2, -0.15) is 0 Å². The Kier molecular flexibility index (Phi) is 9.77. The number of benzene rings is 4. The lowest BCUT2D eigenvalue weighted by Crippen LogP contribution is -2.30. The van der Waals surface area contributed by atoms with Crippen molar-refractivity contribution in [3.8, 4) is 0 Å². The van der Waals surface area contributed by atoms with Gasteiger partial charge in [0.05, 0.1) is 5.25 Å². The molecule has 3 amide bonds. The van der Waals surface area contributed by atoms with Gasteiger partial charge >= 0.3 is 0 Å². The standard InChI is InChI=1S/C34H33N3O3S/c1-22-10-8-11-26(19-22)20-31(37-33(39)27-12-6-5-7-13-27)34(40)35-28-14-9-15-29(21-28)41-25(4)32(38)36-30-17-16-23(2)18-24(30)3/h5-21,25H,1-4H3,(H,35,40)(H,36,38)(H,37,39)/b31-20+. The summed E-state index contributed by atoms with van der Waals surface area (Å²) in [7, 11) is 0. The van der Waals surface area contributed by atoms with Gasteiger partial charge in [0.1, 0.15) is 5.70 Å². The first kappa shape index (κ1) is 29.4. The summed E-state index contributed by atoms with van der Waals surface area (Å²) in [5, 5.41) is 8.29. The number of rotatable bonds is 9. The fourth-order valence-corrected chi connectivity index (χ4v) is 5.09. The molecule has 208 valence electrons. The van der Waals surface area contributed by atoms with Crippen molar-refractivity contribution in [1.29, 1.82) is 0 Å². The highest BCUT2D eigenvalue weighted by Gasteiger charge is 2.18. The Hall–Kier alpha value is -4.62. The summed E-state index contributed by atoms with van der Waals surface area (Å²) < 4.78 is 0. The first-order chi connectivity index (χ1) is 19.7. The fraction of sp³-hybridized carbons (Fsp3) is 0.147. The first-order valence-corrected chi connectivity index (χ1v) is 14.2. The van der Waals surface area contributed by atoms with Crippen LogP contribution in [0.25, 0.3) is 6.08 Å². The topological polar surface area (TPSA) is 87.3 Å². The van der Waals surface area contributed by atoms with E-state index < -0.39 is 5.91 Å². The molecule has 4 aromatic rings. The number of hydrogen-bond donors (Lipinski definition) is 3. The molecule has 0 fully saturated rings. The third-order valence-corrected chi connectivity index (χ3v) is 7.39. The minimum atomic E-state index is -0.460. The van der Waals surface area contributed by atoms with Crippen LogP contribution in [-0.4, -0.2) is 23.0 Å². The molecular weight excluding hydrogens is 530 g/mol. The normalized spacial score (nSPS) is 11.9. The van der Waals surface area contributed by atoms with Crippen molar-refractivity contribution in [2.75, 3.05) is 10.6 Å². The van der Waals surface area contributed by atoms with Gasteiger partial charge in [-0.05, 0) is 81.3 Å². The molecular formula is C34H33N3O3S. The van der Waals surface area contributed by atoms with Crippen LogP contribution in [-0.2, 0) is 9.59 Å². The second-order valence-corrected chi connectivity index (χ2v) is 11.3. The summed E-state index contributed by atoms with van der Waals surface area (Å²) in [5.41, 5.74) is 5.87. The van der Waals surface area contributed by atoms with Crippen LogP contribution >= 0.6 is 11.8 Å². The number of anilines is 2. The van der Waals surface area contributed by atoms with Crippen LogP contribution in [0.15, 0.2) is 108 Å². The maximum atomic E-state index is 13.4. The summed E-state index contributed by atoms with van der Waals surface area (Å²) in [4.78, 5) is 40.0. The molecule has 1 atom stereocenters. The Morgan fingerprint density at radius 2 is 1.49 bits per heavy atom. The van der Waals surface area contributed by atoms with E-state index in [9.17, 15) is 14.4 Å². The van der Waals surface area contributed by atoms with Crippen molar-refractivity contribution in [3.05, 3.63) is 131 Å². The van der Waals surface area contributed by atoms with E-state index in [1.807, 2.05) is 94.4 Å². The number of aryl methyl sites for hydroxylation is 3. The summed E-state index contributed by atoms with van der Waals surface area (Å²) >= 11 is 1.39. The van der Waals surface area contributed by atoms with Gasteiger partial charge in [0.2, 0.25) is 5.91 Å². The van der Waals surface area contributed by atoms with E-state index in [2.05, 4.69) is 16.0 Å². The van der Waals surface area contributed by atoms with Gasteiger partial charge in [-0.1, -0.05) is 71.8 Å². The maximum Gasteiger partial charge on any atom is 0.272 e. The molecule has 0 spiro atoms. The average Bonchev–Trinajstić information content (AvgIpc) is 2.94. The molecule has 0 aliphatic carbocycles. The van der Waals surface area contributed by atoms with E-state index in [-0.39, 0.29) is 22.8 Å². The highest BCUT2D eigenvalue weighted by Crippen LogP contribution is 2.27. The minimum Gasteiger partial charge on any atom is -0.325 e. The van der Waals surface area contributed by atoms with Gasteiger partial charge < -0.3 is 16.0 Å². The van der Waals surface area contributed by atoms with Gasteiger partial charge in [-0.25, -0.2) is 0 Å². The summed E-state index contributed by atoms with van der Waals surface area (Å²) in [6, 6.07) is 29.6. The smallest absolute Gasteiger partial charge is 0.272 e. The number of amides is 3. The van der Waals surface area contributed by atoms with Gasteiger partial charge in [0, 0.05) is 21.8 Å². The molecule has 0 heterocycles. The van der Waals surface area contributed by atoms with Gasteiger partial charge in [-0.15, -0.1) is 11.8 Å². The van der Waals surface area contributed by atoms with Gasteiger partial charge in [0.25, 0.3) is 11.8 Å². The molecule has 0 radical (unpaired) electrons. The number of carbonyl (C=O) groups is 3. The van der Waals surface area contributed by atoms with Crippen molar-refractivity contribution >= 4 is 46.9 Å². The third kappa shape index (κ3) is 8.43. The van der Waals surface area contributed by atoms with Crippen LogP contribution in [0.3, 0.4) is 0 Å². The molecule has 0 aromatic heterocycles. The molecule has 0 bridgehead atoms. The molecule has 41 heavy (non-hydrogen) atoms. The van der Waals surface area contributed by atoms with Gasteiger partial charge in [-0.3, -0.25) is 14.4 Å². The largest absolute Gasteiger partial charge is 0.325 e. The monoisotopic (exact) mass is 563 g/mol. The molecule has 4 aromatic carbocycles. The number of nitrogens with one attached hydrogen (secondary N) is 3. The van der Waals surface area contributed by atoms with E-state index in [0.29, 0.717) is 11.3 Å². The van der Waals surface area contributed by atoms with Crippen molar-refractivity contribution in [2.24, 2.45) is 0 Å². The third-order valence-electron chi connectivity index (χ3n) is 6.30. The van der Waals surface area contributed by atoms with E-state index in [4.69, 9.17) is 0 Å². The molecule has 7 heteroatoms. The minimum absolute atomic E-state index is 0.108. The lowest BCUT2D eigenvalue weighted by molar-refractivity contribution is -0.115. The van der Waals surface area contributed by atoms with E-state index in [1.165, 1.54) is 11.8 Å². The van der Waals surface area contributed by atoms with Crippen LogP contribution in [0.2, 0.25) is 0 Å². The lowest BCUT2D eigenvalue weighted by Gasteiger charge is -2.15. The highest BCUT2D eigenvalue weighted by atomic mass is 32.2. The van der Waals surface area contributed by atoms with Crippen LogP contribution in [0.5, 0.6) is 0 Å². The number of hydrogen-bond acceptors (Lipinski definition) is 4. The Balaban J connectivity index is 1.48. The predicted molar refractivity (Wildman–Crippen MR) is 168 cm³/mol. The van der Waals surface area contributed by atoms with Crippen LogP contribution in [0.1, 0.15) is 39.5 Å². The van der Waals surface area contributed by atoms with E-state index in [1.54, 1.807) is 36.4 Å². The Morgan fingerprint density at radius 1 is 0.756 bits per heavy atom. The Morgan fingerprint density at radius 3 is 2.22 bits per heavy atom. The SMILES string of the molecule is Cc1cccc(/C=C(/NC(=O)c2ccccc2)C(=O)Nc2cccc(SC(C)C(=O)Nc3ccc(C)cc3C)c2)c1. The zero-order chi connectivity index (χ0) is 29.4. The quantitative estimate of drug-likeness (QED) is 0.149. The van der Waals surface area contributed by atoms with Crippen molar-refractivity contribution in [2.45, 2.75) is 37.8 Å². The van der Waals surface area contributed by atoms with Crippen LogP contribution in [0, 0.1) is 20.8 Å². The van der Waals surface area contributed by atoms with Crippen LogP contribution < -0.4 is 16.0 Å². The second-order valence-electron chi connectivity index (χ2n) is 9.84. The van der Waals surface area contributed by atoms with Crippen LogP contribution in [0.4, 0.5) is 11.4 Å². The summed E-state index contributed by atoms with van der Waals surface area (Å²) in [6.45, 7) is 7.79. The van der Waals surface area contributed by atoms with Crippen molar-refractivity contribution in [1.82, 2.24) is 5.32 Å². The molecule has 6 nitrogen and oxygen atoms in total. The molecule has 3 N–H and O–H groups in total. The molecule has 4 rings (SSSR count). The van der Waals surface area contributed by atoms with E-state index >= 15 is 0 Å². The zero-order valence-corrected chi connectivity index (χ0v) is 24.3. The average molecular weight is 564 g/mol. The summed E-state index contributed by atoms with van der Waals surface area (Å²) in [5.74, 6) is -0.949. The van der Waals surface area contributed by atoms with E-state index in [0.717, 1.165) is 32.8 Å². The second kappa shape index (κ2) is 13.6. The Labute approximate surface area is 245 Å². The molecule has 0 saturated carbocycles. The lowest BCUT2D eigenvalue weighted by atomic mass is 10.1. The fourth-order valence-electron chi connectivity index (χ4n) is 4.16. The van der Waals surface area contributed by atoms with Gasteiger partial charge in [0.15, 0.2) is 0 Å². The summed E-state index contributed by atoms with van der Waals surface area (Å²) in [6.07, 6.45) is 1.65. The first-order valence-electron chi connectivity index (χ1n) is 13.3.